The number of ether oxygens (including phenoxy) is 1. The van der Waals surface area contributed by atoms with Gasteiger partial charge in [0.1, 0.15) is 5.75 Å². The molecule has 0 saturated carbocycles. The zero-order valence-electron chi connectivity index (χ0n) is 16.4. The number of nitrogens with zero attached hydrogens (tertiary/aromatic N) is 3. The molecule has 0 amide bonds. The second-order valence-corrected chi connectivity index (χ2v) is 7.43. The molecule has 1 aromatic carbocycles. The lowest BCUT2D eigenvalue weighted by atomic mass is 9.98. The van der Waals surface area contributed by atoms with Crippen molar-refractivity contribution >= 4 is 5.96 Å². The van der Waals surface area contributed by atoms with Gasteiger partial charge < -0.3 is 19.9 Å². The van der Waals surface area contributed by atoms with Crippen LogP contribution in [0.4, 0.5) is 0 Å². The molecule has 5 heteroatoms. The molecule has 1 unspecified atom stereocenters. The van der Waals surface area contributed by atoms with Crippen molar-refractivity contribution in [2.24, 2.45) is 4.99 Å². The van der Waals surface area contributed by atoms with E-state index < -0.39 is 0 Å². The summed E-state index contributed by atoms with van der Waals surface area (Å²) in [7, 11) is 3.61. The fourth-order valence-corrected chi connectivity index (χ4v) is 4.10. The van der Waals surface area contributed by atoms with Crippen LogP contribution in [0.15, 0.2) is 29.3 Å². The minimum absolute atomic E-state index is 0.578. The molecule has 2 aliphatic heterocycles. The highest BCUT2D eigenvalue weighted by molar-refractivity contribution is 5.80. The SMILES string of the molecule is CN=C(NCCCCN1CCCC1)N1CCC(c2ccc(OC)cc2)C1. The second kappa shape index (κ2) is 9.81. The van der Waals surface area contributed by atoms with Gasteiger partial charge in [-0.1, -0.05) is 12.1 Å². The summed E-state index contributed by atoms with van der Waals surface area (Å²) in [5.41, 5.74) is 1.40. The fraction of sp³-hybridized carbons (Fsp3) is 0.667. The number of guanidine groups is 1. The minimum atomic E-state index is 0.578. The molecule has 2 saturated heterocycles. The molecule has 2 fully saturated rings. The van der Waals surface area contributed by atoms with Crippen LogP contribution in [0.3, 0.4) is 0 Å². The van der Waals surface area contributed by atoms with Crippen LogP contribution in [0.1, 0.15) is 43.6 Å². The number of aliphatic imine (C=N–C) groups is 1. The molecule has 2 aliphatic rings. The molecule has 1 N–H and O–H groups in total. The monoisotopic (exact) mass is 358 g/mol. The van der Waals surface area contributed by atoms with Gasteiger partial charge in [-0.3, -0.25) is 4.99 Å². The molecule has 0 spiro atoms. The topological polar surface area (TPSA) is 40.1 Å². The van der Waals surface area contributed by atoms with E-state index in [0.29, 0.717) is 5.92 Å². The summed E-state index contributed by atoms with van der Waals surface area (Å²) < 4.78 is 5.26. The second-order valence-electron chi connectivity index (χ2n) is 7.43. The number of rotatable bonds is 7. The van der Waals surface area contributed by atoms with Crippen LogP contribution in [-0.4, -0.2) is 69.2 Å². The molecular formula is C21H34N4O. The summed E-state index contributed by atoms with van der Waals surface area (Å²) in [6.07, 6.45) is 6.44. The molecule has 3 rings (SSSR count). The Hall–Kier alpha value is -1.75. The smallest absolute Gasteiger partial charge is 0.193 e. The average molecular weight is 359 g/mol. The van der Waals surface area contributed by atoms with Crippen molar-refractivity contribution in [2.75, 3.05) is 53.4 Å². The van der Waals surface area contributed by atoms with E-state index in [1.54, 1.807) is 7.11 Å². The Kier molecular flexibility index (Phi) is 7.18. The van der Waals surface area contributed by atoms with E-state index in [0.717, 1.165) is 31.3 Å². The van der Waals surface area contributed by atoms with Crippen molar-refractivity contribution < 1.29 is 4.74 Å². The van der Waals surface area contributed by atoms with E-state index in [2.05, 4.69) is 44.4 Å². The lowest BCUT2D eigenvalue weighted by Crippen LogP contribution is -2.40. The molecule has 0 bridgehead atoms. The van der Waals surface area contributed by atoms with Crippen molar-refractivity contribution in [2.45, 2.75) is 38.0 Å². The van der Waals surface area contributed by atoms with E-state index in [4.69, 9.17) is 4.74 Å². The molecule has 1 aromatic rings. The van der Waals surface area contributed by atoms with Crippen LogP contribution >= 0.6 is 0 Å². The number of hydrogen-bond acceptors (Lipinski definition) is 3. The average Bonchev–Trinajstić information content (AvgIpc) is 3.37. The number of methoxy groups -OCH3 is 1. The summed E-state index contributed by atoms with van der Waals surface area (Å²) in [5.74, 6) is 2.56. The molecule has 0 radical (unpaired) electrons. The third kappa shape index (κ3) is 5.13. The van der Waals surface area contributed by atoms with Gasteiger partial charge in [0.15, 0.2) is 5.96 Å². The first-order chi connectivity index (χ1) is 12.8. The van der Waals surface area contributed by atoms with Gasteiger partial charge >= 0.3 is 0 Å². The van der Waals surface area contributed by atoms with Crippen molar-refractivity contribution in [1.82, 2.24) is 15.1 Å². The van der Waals surface area contributed by atoms with Crippen molar-refractivity contribution in [3.63, 3.8) is 0 Å². The van der Waals surface area contributed by atoms with Gasteiger partial charge in [0.05, 0.1) is 7.11 Å². The van der Waals surface area contributed by atoms with Gasteiger partial charge in [0.2, 0.25) is 0 Å². The lowest BCUT2D eigenvalue weighted by Gasteiger charge is -2.22. The number of benzene rings is 1. The Bertz CT molecular complexity index is 566. The maximum atomic E-state index is 5.26. The summed E-state index contributed by atoms with van der Waals surface area (Å²) in [4.78, 5) is 9.49. The zero-order chi connectivity index (χ0) is 18.2. The van der Waals surface area contributed by atoms with Crippen LogP contribution in [-0.2, 0) is 0 Å². The molecule has 0 aliphatic carbocycles. The van der Waals surface area contributed by atoms with Crippen LogP contribution in [0.5, 0.6) is 5.75 Å². The van der Waals surface area contributed by atoms with Gasteiger partial charge in [0, 0.05) is 32.6 Å². The van der Waals surface area contributed by atoms with Crippen LogP contribution < -0.4 is 10.1 Å². The highest BCUT2D eigenvalue weighted by atomic mass is 16.5. The van der Waals surface area contributed by atoms with E-state index in [1.807, 2.05) is 7.05 Å². The lowest BCUT2D eigenvalue weighted by molar-refractivity contribution is 0.330. The summed E-state index contributed by atoms with van der Waals surface area (Å²) in [6, 6.07) is 8.51. The minimum Gasteiger partial charge on any atom is -0.497 e. The summed E-state index contributed by atoms with van der Waals surface area (Å²) in [5, 5.41) is 3.56. The Morgan fingerprint density at radius 3 is 2.62 bits per heavy atom. The molecule has 0 aromatic heterocycles. The highest BCUT2D eigenvalue weighted by Crippen LogP contribution is 2.28. The van der Waals surface area contributed by atoms with Crippen molar-refractivity contribution in [3.05, 3.63) is 29.8 Å². The highest BCUT2D eigenvalue weighted by Gasteiger charge is 2.25. The number of nitrogens with one attached hydrogen (secondary N) is 1. The van der Waals surface area contributed by atoms with E-state index in [-0.39, 0.29) is 0 Å². The van der Waals surface area contributed by atoms with Gasteiger partial charge in [-0.05, 0) is 69.4 Å². The maximum Gasteiger partial charge on any atom is 0.193 e. The summed E-state index contributed by atoms with van der Waals surface area (Å²) >= 11 is 0. The molecule has 1 atom stereocenters. The Morgan fingerprint density at radius 1 is 1.15 bits per heavy atom. The molecule has 26 heavy (non-hydrogen) atoms. The fourth-order valence-electron chi connectivity index (χ4n) is 4.10. The largest absolute Gasteiger partial charge is 0.497 e. The quantitative estimate of drug-likeness (QED) is 0.462. The number of hydrogen-bond donors (Lipinski definition) is 1. The van der Waals surface area contributed by atoms with Crippen molar-refractivity contribution in [3.8, 4) is 5.75 Å². The van der Waals surface area contributed by atoms with E-state index in [1.165, 1.54) is 57.3 Å². The first kappa shape index (κ1) is 19.0. The predicted octanol–water partition coefficient (Wildman–Crippen LogP) is 2.94. The third-order valence-corrected chi connectivity index (χ3v) is 5.67. The van der Waals surface area contributed by atoms with Crippen LogP contribution in [0.2, 0.25) is 0 Å². The first-order valence-electron chi connectivity index (χ1n) is 10.1. The van der Waals surface area contributed by atoms with Crippen molar-refractivity contribution in [1.29, 1.82) is 0 Å². The van der Waals surface area contributed by atoms with E-state index >= 15 is 0 Å². The van der Waals surface area contributed by atoms with Crippen LogP contribution in [0.25, 0.3) is 0 Å². The third-order valence-electron chi connectivity index (χ3n) is 5.67. The normalized spacial score (nSPS) is 21.4. The molecular weight excluding hydrogens is 324 g/mol. The first-order valence-corrected chi connectivity index (χ1v) is 10.1. The Balaban J connectivity index is 1.39. The van der Waals surface area contributed by atoms with Gasteiger partial charge in [0.25, 0.3) is 0 Å². The Labute approximate surface area is 158 Å². The van der Waals surface area contributed by atoms with Gasteiger partial charge in [-0.25, -0.2) is 0 Å². The standard InChI is InChI=1S/C21H34N4O/c1-22-21(23-12-3-4-13-24-14-5-6-15-24)25-16-11-19(17-25)18-7-9-20(26-2)10-8-18/h7-10,19H,3-6,11-17H2,1-2H3,(H,22,23). The maximum absolute atomic E-state index is 5.26. The molecule has 5 nitrogen and oxygen atoms in total. The Morgan fingerprint density at radius 2 is 1.92 bits per heavy atom. The van der Waals surface area contributed by atoms with Gasteiger partial charge in [-0.15, -0.1) is 0 Å². The number of unbranched alkanes of at least 4 members (excludes halogenated alkanes) is 1. The number of likely N-dealkylation sites (tertiary alicyclic amines) is 2. The van der Waals surface area contributed by atoms with E-state index in [9.17, 15) is 0 Å². The van der Waals surface area contributed by atoms with Gasteiger partial charge in [-0.2, -0.15) is 0 Å². The summed E-state index contributed by atoms with van der Waals surface area (Å²) in [6.45, 7) is 6.99. The molecule has 2 heterocycles. The van der Waals surface area contributed by atoms with Crippen LogP contribution in [0, 0.1) is 0 Å². The molecule has 144 valence electrons. The zero-order valence-corrected chi connectivity index (χ0v) is 16.4. The predicted molar refractivity (Wildman–Crippen MR) is 108 cm³/mol.